The highest BCUT2D eigenvalue weighted by atomic mass is 19.1. The van der Waals surface area contributed by atoms with Crippen LogP contribution in [0.4, 0.5) is 14.6 Å². The van der Waals surface area contributed by atoms with Crippen molar-refractivity contribution in [3.8, 4) is 0 Å². The van der Waals surface area contributed by atoms with Gasteiger partial charge in [-0.25, -0.2) is 8.78 Å². The van der Waals surface area contributed by atoms with Crippen molar-refractivity contribution in [3.63, 3.8) is 0 Å². The predicted molar refractivity (Wildman–Crippen MR) is 73.9 cm³/mol. The van der Waals surface area contributed by atoms with Crippen molar-refractivity contribution in [3.05, 3.63) is 47.2 Å². The van der Waals surface area contributed by atoms with Crippen LogP contribution in [0.25, 0.3) is 0 Å². The molecule has 2 N–H and O–H groups in total. The molecule has 0 spiro atoms. The lowest BCUT2D eigenvalue weighted by atomic mass is 9.83. The lowest BCUT2D eigenvalue weighted by Crippen LogP contribution is -2.15. The van der Waals surface area contributed by atoms with E-state index < -0.39 is 11.6 Å². The molecule has 1 heterocycles. The largest absolute Gasteiger partial charge is 0.309 e. The molecule has 1 aromatic heterocycles. The van der Waals surface area contributed by atoms with Gasteiger partial charge in [-0.05, 0) is 24.5 Å². The normalized spacial score (nSPS) is 14.8. The quantitative estimate of drug-likeness (QED) is 0.909. The minimum Gasteiger partial charge on any atom is -0.309 e. The molecule has 21 heavy (non-hydrogen) atoms. The summed E-state index contributed by atoms with van der Waals surface area (Å²) in [4.78, 5) is 11.9. The SMILES string of the molecule is O=C(Cc1ccc(F)cc1F)Nc1cc(C2CCC2)[nH]n1. The molecule has 1 aliphatic rings. The summed E-state index contributed by atoms with van der Waals surface area (Å²) in [5.41, 5.74) is 1.17. The lowest BCUT2D eigenvalue weighted by molar-refractivity contribution is -0.115. The van der Waals surface area contributed by atoms with Gasteiger partial charge in [0.1, 0.15) is 11.6 Å². The van der Waals surface area contributed by atoms with Gasteiger partial charge in [-0.1, -0.05) is 12.5 Å². The van der Waals surface area contributed by atoms with E-state index in [2.05, 4.69) is 15.5 Å². The third-order valence-corrected chi connectivity index (χ3v) is 3.78. The van der Waals surface area contributed by atoms with Crippen LogP contribution in [-0.4, -0.2) is 16.1 Å². The van der Waals surface area contributed by atoms with E-state index in [1.165, 1.54) is 12.5 Å². The Morgan fingerprint density at radius 3 is 2.81 bits per heavy atom. The number of H-pyrrole nitrogens is 1. The van der Waals surface area contributed by atoms with Gasteiger partial charge < -0.3 is 5.32 Å². The van der Waals surface area contributed by atoms with Crippen molar-refractivity contribution >= 4 is 11.7 Å². The fourth-order valence-corrected chi connectivity index (χ4v) is 2.35. The summed E-state index contributed by atoms with van der Waals surface area (Å²) in [6.45, 7) is 0. The van der Waals surface area contributed by atoms with Gasteiger partial charge in [-0.15, -0.1) is 0 Å². The number of carbonyl (C=O) groups excluding carboxylic acids is 1. The van der Waals surface area contributed by atoms with Crippen molar-refractivity contribution < 1.29 is 13.6 Å². The highest BCUT2D eigenvalue weighted by molar-refractivity contribution is 5.91. The molecule has 0 saturated heterocycles. The number of hydrogen-bond acceptors (Lipinski definition) is 2. The molecular weight excluding hydrogens is 276 g/mol. The molecule has 6 heteroatoms. The molecule has 1 fully saturated rings. The van der Waals surface area contributed by atoms with E-state index in [9.17, 15) is 13.6 Å². The van der Waals surface area contributed by atoms with Crippen molar-refractivity contribution in [2.24, 2.45) is 0 Å². The van der Waals surface area contributed by atoms with Gasteiger partial charge in [0.2, 0.25) is 5.91 Å². The predicted octanol–water partition coefficient (Wildman–Crippen LogP) is 3.14. The first-order chi connectivity index (χ1) is 10.1. The summed E-state index contributed by atoms with van der Waals surface area (Å²) >= 11 is 0. The third kappa shape index (κ3) is 3.09. The van der Waals surface area contributed by atoms with Crippen LogP contribution in [-0.2, 0) is 11.2 Å². The number of aromatic amines is 1. The Kier molecular flexibility index (Phi) is 3.68. The van der Waals surface area contributed by atoms with Gasteiger partial charge in [0.25, 0.3) is 0 Å². The number of aromatic nitrogens is 2. The van der Waals surface area contributed by atoms with Gasteiger partial charge >= 0.3 is 0 Å². The number of nitrogens with zero attached hydrogens (tertiary/aromatic N) is 1. The monoisotopic (exact) mass is 291 g/mol. The van der Waals surface area contributed by atoms with E-state index in [0.29, 0.717) is 11.7 Å². The Bertz CT molecular complexity index is 665. The smallest absolute Gasteiger partial charge is 0.230 e. The molecule has 110 valence electrons. The zero-order chi connectivity index (χ0) is 14.8. The number of rotatable bonds is 4. The minimum absolute atomic E-state index is 0.155. The Morgan fingerprint density at radius 2 is 2.14 bits per heavy atom. The number of anilines is 1. The van der Waals surface area contributed by atoms with E-state index in [0.717, 1.165) is 30.7 Å². The van der Waals surface area contributed by atoms with Gasteiger partial charge in [0.15, 0.2) is 5.82 Å². The Hall–Kier alpha value is -2.24. The first-order valence-corrected chi connectivity index (χ1v) is 6.91. The summed E-state index contributed by atoms with van der Waals surface area (Å²) in [5, 5.41) is 9.55. The molecule has 2 aromatic rings. The molecule has 0 bridgehead atoms. The van der Waals surface area contributed by atoms with Crippen LogP contribution in [0, 0.1) is 11.6 Å². The average Bonchev–Trinajstić information content (AvgIpc) is 2.78. The van der Waals surface area contributed by atoms with Crippen LogP contribution in [0.15, 0.2) is 24.3 Å². The van der Waals surface area contributed by atoms with Gasteiger partial charge in [0.05, 0.1) is 6.42 Å². The first-order valence-electron chi connectivity index (χ1n) is 6.91. The second-order valence-corrected chi connectivity index (χ2v) is 5.30. The molecule has 1 amide bonds. The Morgan fingerprint density at radius 1 is 1.33 bits per heavy atom. The second-order valence-electron chi connectivity index (χ2n) is 5.30. The number of benzene rings is 1. The van der Waals surface area contributed by atoms with Gasteiger partial charge in [-0.3, -0.25) is 9.89 Å². The molecule has 4 nitrogen and oxygen atoms in total. The molecule has 0 radical (unpaired) electrons. The first kappa shape index (κ1) is 13.7. The van der Waals surface area contributed by atoms with E-state index in [1.54, 1.807) is 0 Å². The molecule has 3 rings (SSSR count). The summed E-state index contributed by atoms with van der Waals surface area (Å²) in [6.07, 6.45) is 3.33. The topological polar surface area (TPSA) is 57.8 Å². The summed E-state index contributed by atoms with van der Waals surface area (Å²) in [7, 11) is 0. The number of halogens is 2. The highest BCUT2D eigenvalue weighted by Gasteiger charge is 2.21. The summed E-state index contributed by atoms with van der Waals surface area (Å²) < 4.78 is 26.3. The average molecular weight is 291 g/mol. The van der Waals surface area contributed by atoms with E-state index in [-0.39, 0.29) is 17.9 Å². The van der Waals surface area contributed by atoms with Crippen LogP contribution < -0.4 is 5.32 Å². The van der Waals surface area contributed by atoms with Gasteiger partial charge in [0, 0.05) is 23.7 Å². The maximum Gasteiger partial charge on any atom is 0.230 e. The lowest BCUT2D eigenvalue weighted by Gasteiger charge is -2.23. The number of carbonyl (C=O) groups is 1. The van der Waals surface area contributed by atoms with Crippen LogP contribution in [0.5, 0.6) is 0 Å². The summed E-state index contributed by atoms with van der Waals surface area (Å²) in [5.74, 6) is -0.828. The molecular formula is C15H15F2N3O. The number of nitrogens with one attached hydrogen (secondary N) is 2. The Balaban J connectivity index is 1.62. The maximum atomic E-state index is 13.5. The third-order valence-electron chi connectivity index (χ3n) is 3.78. The zero-order valence-corrected chi connectivity index (χ0v) is 11.3. The second kappa shape index (κ2) is 5.63. The molecule has 0 atom stereocenters. The van der Waals surface area contributed by atoms with Crippen LogP contribution in [0.2, 0.25) is 0 Å². The zero-order valence-electron chi connectivity index (χ0n) is 11.3. The van der Waals surface area contributed by atoms with E-state index >= 15 is 0 Å². The molecule has 1 aromatic carbocycles. The minimum atomic E-state index is -0.720. The van der Waals surface area contributed by atoms with E-state index in [1.807, 2.05) is 6.07 Å². The molecule has 0 aliphatic heterocycles. The fraction of sp³-hybridized carbons (Fsp3) is 0.333. The maximum absolute atomic E-state index is 13.5. The van der Waals surface area contributed by atoms with Crippen molar-refractivity contribution in [1.29, 1.82) is 0 Å². The molecule has 0 unspecified atom stereocenters. The summed E-state index contributed by atoms with van der Waals surface area (Å²) in [6, 6.07) is 4.98. The van der Waals surface area contributed by atoms with Crippen LogP contribution in [0.3, 0.4) is 0 Å². The standard InChI is InChI=1S/C15H15F2N3O/c16-11-5-4-10(12(17)7-11)6-15(21)18-14-8-13(19-20-14)9-2-1-3-9/h4-5,7-9H,1-3,6H2,(H2,18,19,20,21). The number of amides is 1. The van der Waals surface area contributed by atoms with Crippen molar-refractivity contribution in [2.75, 3.05) is 5.32 Å². The van der Waals surface area contributed by atoms with Gasteiger partial charge in [-0.2, -0.15) is 5.10 Å². The van der Waals surface area contributed by atoms with Crippen molar-refractivity contribution in [2.45, 2.75) is 31.6 Å². The van der Waals surface area contributed by atoms with Crippen LogP contribution in [0.1, 0.15) is 36.4 Å². The Labute approximate surface area is 120 Å². The van der Waals surface area contributed by atoms with E-state index in [4.69, 9.17) is 0 Å². The van der Waals surface area contributed by atoms with Crippen LogP contribution >= 0.6 is 0 Å². The molecule has 1 aliphatic carbocycles. The fourth-order valence-electron chi connectivity index (χ4n) is 2.35. The number of hydrogen-bond donors (Lipinski definition) is 2. The highest BCUT2D eigenvalue weighted by Crippen LogP contribution is 2.35. The van der Waals surface area contributed by atoms with Crippen molar-refractivity contribution in [1.82, 2.24) is 10.2 Å². The molecule has 1 saturated carbocycles.